The van der Waals surface area contributed by atoms with Crippen LogP contribution in [0.1, 0.15) is 28.3 Å². The Morgan fingerprint density at radius 3 is 2.59 bits per heavy atom. The van der Waals surface area contributed by atoms with Gasteiger partial charge in [0.25, 0.3) is 11.6 Å². The molecule has 1 saturated carbocycles. The first-order valence-electron chi connectivity index (χ1n) is 6.85. The molecule has 3 rings (SSSR count). The third kappa shape index (κ3) is 2.95. The minimum absolute atomic E-state index is 0.0236. The summed E-state index contributed by atoms with van der Waals surface area (Å²) in [5.41, 5.74) is 1.19. The smallest absolute Gasteiger partial charge is 0.269 e. The molecule has 2 atom stereocenters. The van der Waals surface area contributed by atoms with Crippen molar-refractivity contribution in [3.05, 3.63) is 75.6 Å². The maximum absolute atomic E-state index is 13.2. The van der Waals surface area contributed by atoms with Crippen molar-refractivity contribution in [2.45, 2.75) is 18.4 Å². The van der Waals surface area contributed by atoms with Gasteiger partial charge in [0, 0.05) is 29.7 Å². The molecule has 112 valence electrons. The summed E-state index contributed by atoms with van der Waals surface area (Å²) in [5, 5.41) is 13.4. The minimum atomic E-state index is -0.511. The van der Waals surface area contributed by atoms with Gasteiger partial charge in [-0.25, -0.2) is 4.39 Å². The number of benzene rings is 2. The number of rotatable bonds is 4. The van der Waals surface area contributed by atoms with Crippen LogP contribution in [0.3, 0.4) is 0 Å². The molecule has 22 heavy (non-hydrogen) atoms. The van der Waals surface area contributed by atoms with Crippen LogP contribution in [0.4, 0.5) is 10.1 Å². The van der Waals surface area contributed by atoms with Crippen molar-refractivity contribution in [3.63, 3.8) is 0 Å². The molecule has 0 heterocycles. The first-order chi connectivity index (χ1) is 10.5. The quantitative estimate of drug-likeness (QED) is 0.697. The van der Waals surface area contributed by atoms with E-state index in [0.29, 0.717) is 5.56 Å². The average molecular weight is 300 g/mol. The van der Waals surface area contributed by atoms with Crippen LogP contribution in [0.15, 0.2) is 48.5 Å². The Kier molecular flexibility index (Phi) is 3.58. The van der Waals surface area contributed by atoms with E-state index in [1.165, 1.54) is 36.4 Å². The molecule has 0 unspecified atom stereocenters. The number of hydrogen-bond donors (Lipinski definition) is 1. The standard InChI is InChI=1S/C16H13FN2O3/c17-12-3-1-2-11(8-12)14-9-15(14)18-16(20)10-4-6-13(7-5-10)19(21)22/h1-8,14-15H,9H2,(H,18,20)/t14-,15+/m1/s1. The third-order valence-corrected chi connectivity index (χ3v) is 3.72. The van der Waals surface area contributed by atoms with Gasteiger partial charge in [-0.05, 0) is 36.2 Å². The summed E-state index contributed by atoms with van der Waals surface area (Å²) in [7, 11) is 0. The van der Waals surface area contributed by atoms with Crippen molar-refractivity contribution >= 4 is 11.6 Å². The van der Waals surface area contributed by atoms with Crippen molar-refractivity contribution in [2.75, 3.05) is 0 Å². The second-order valence-corrected chi connectivity index (χ2v) is 5.28. The van der Waals surface area contributed by atoms with Crippen LogP contribution in [-0.4, -0.2) is 16.9 Å². The van der Waals surface area contributed by atoms with Crippen molar-refractivity contribution < 1.29 is 14.1 Å². The topological polar surface area (TPSA) is 72.2 Å². The predicted molar refractivity (Wildman–Crippen MR) is 78.1 cm³/mol. The Morgan fingerprint density at radius 1 is 1.23 bits per heavy atom. The van der Waals surface area contributed by atoms with Crippen LogP contribution >= 0.6 is 0 Å². The van der Waals surface area contributed by atoms with Crippen LogP contribution in [0, 0.1) is 15.9 Å². The molecule has 2 aromatic rings. The lowest BCUT2D eigenvalue weighted by atomic mass is 10.1. The summed E-state index contributed by atoms with van der Waals surface area (Å²) >= 11 is 0. The van der Waals surface area contributed by atoms with Crippen LogP contribution in [0.5, 0.6) is 0 Å². The van der Waals surface area contributed by atoms with E-state index in [9.17, 15) is 19.3 Å². The highest BCUT2D eigenvalue weighted by molar-refractivity contribution is 5.94. The number of non-ortho nitro benzene ring substituents is 1. The lowest BCUT2D eigenvalue weighted by Crippen LogP contribution is -2.26. The molecule has 1 amide bonds. The number of carbonyl (C=O) groups is 1. The Labute approximate surface area is 125 Å². The van der Waals surface area contributed by atoms with E-state index in [0.717, 1.165) is 12.0 Å². The molecule has 1 aliphatic rings. The van der Waals surface area contributed by atoms with Gasteiger partial charge in [0.1, 0.15) is 5.82 Å². The van der Waals surface area contributed by atoms with Crippen molar-refractivity contribution in [1.29, 1.82) is 0 Å². The zero-order valence-electron chi connectivity index (χ0n) is 11.5. The molecule has 0 aromatic heterocycles. The summed E-state index contributed by atoms with van der Waals surface area (Å²) in [4.78, 5) is 22.1. The summed E-state index contributed by atoms with van der Waals surface area (Å²) < 4.78 is 13.2. The molecule has 6 heteroatoms. The largest absolute Gasteiger partial charge is 0.349 e. The lowest BCUT2D eigenvalue weighted by Gasteiger charge is -2.05. The molecule has 1 N–H and O–H groups in total. The zero-order valence-corrected chi connectivity index (χ0v) is 11.5. The molecule has 2 aromatic carbocycles. The maximum Gasteiger partial charge on any atom is 0.269 e. The molecule has 1 fully saturated rings. The lowest BCUT2D eigenvalue weighted by molar-refractivity contribution is -0.384. The van der Waals surface area contributed by atoms with E-state index in [1.54, 1.807) is 6.07 Å². The maximum atomic E-state index is 13.2. The third-order valence-electron chi connectivity index (χ3n) is 3.72. The Bertz CT molecular complexity index is 730. The first-order valence-corrected chi connectivity index (χ1v) is 6.85. The normalized spacial score (nSPS) is 19.5. The highest BCUT2D eigenvalue weighted by Crippen LogP contribution is 2.41. The fraction of sp³-hybridized carbons (Fsp3) is 0.188. The Balaban J connectivity index is 1.62. The highest BCUT2D eigenvalue weighted by atomic mass is 19.1. The van der Waals surface area contributed by atoms with Crippen LogP contribution < -0.4 is 5.32 Å². The van der Waals surface area contributed by atoms with Gasteiger partial charge >= 0.3 is 0 Å². The van der Waals surface area contributed by atoms with Gasteiger partial charge < -0.3 is 5.32 Å². The van der Waals surface area contributed by atoms with E-state index < -0.39 is 4.92 Å². The SMILES string of the molecule is O=C(N[C@H]1C[C@@H]1c1cccc(F)c1)c1ccc([N+](=O)[O-])cc1. The number of nitro benzene ring substituents is 1. The molecule has 0 radical (unpaired) electrons. The van der Waals surface area contributed by atoms with Crippen molar-refractivity contribution in [2.24, 2.45) is 0 Å². The zero-order chi connectivity index (χ0) is 15.7. The van der Waals surface area contributed by atoms with E-state index in [-0.39, 0.29) is 29.4 Å². The van der Waals surface area contributed by atoms with Crippen molar-refractivity contribution in [1.82, 2.24) is 5.32 Å². The minimum Gasteiger partial charge on any atom is -0.349 e. The van der Waals surface area contributed by atoms with E-state index >= 15 is 0 Å². The number of nitrogens with zero attached hydrogens (tertiary/aromatic N) is 1. The number of nitrogens with one attached hydrogen (secondary N) is 1. The monoisotopic (exact) mass is 300 g/mol. The summed E-state index contributed by atoms with van der Waals surface area (Å²) in [6.07, 6.45) is 0.766. The second-order valence-electron chi connectivity index (χ2n) is 5.28. The fourth-order valence-electron chi connectivity index (χ4n) is 2.45. The summed E-state index contributed by atoms with van der Waals surface area (Å²) in [6.45, 7) is 0. The molecule has 0 bridgehead atoms. The number of nitro groups is 1. The second kappa shape index (κ2) is 5.55. The number of amides is 1. The number of carbonyl (C=O) groups excluding carboxylic acids is 1. The van der Waals surface area contributed by atoms with Gasteiger partial charge in [-0.2, -0.15) is 0 Å². The van der Waals surface area contributed by atoms with Crippen LogP contribution in [0.25, 0.3) is 0 Å². The molecule has 0 saturated heterocycles. The molecule has 5 nitrogen and oxygen atoms in total. The van der Waals surface area contributed by atoms with Gasteiger partial charge in [0.15, 0.2) is 0 Å². The van der Waals surface area contributed by atoms with Gasteiger partial charge in [0.2, 0.25) is 0 Å². The van der Waals surface area contributed by atoms with E-state index in [2.05, 4.69) is 5.32 Å². The first kappa shape index (κ1) is 14.2. The van der Waals surface area contributed by atoms with Crippen LogP contribution in [-0.2, 0) is 0 Å². The van der Waals surface area contributed by atoms with Crippen molar-refractivity contribution in [3.8, 4) is 0 Å². The summed E-state index contributed by atoms with van der Waals surface area (Å²) in [5.74, 6) is -0.443. The van der Waals surface area contributed by atoms with Gasteiger partial charge in [0.05, 0.1) is 4.92 Å². The fourth-order valence-corrected chi connectivity index (χ4v) is 2.45. The number of hydrogen-bond acceptors (Lipinski definition) is 3. The highest BCUT2D eigenvalue weighted by Gasteiger charge is 2.39. The van der Waals surface area contributed by atoms with E-state index in [4.69, 9.17) is 0 Å². The van der Waals surface area contributed by atoms with Crippen LogP contribution in [0.2, 0.25) is 0 Å². The molecular weight excluding hydrogens is 287 g/mol. The number of halogens is 1. The predicted octanol–water partition coefficient (Wildman–Crippen LogP) is 3.02. The van der Waals surface area contributed by atoms with Gasteiger partial charge in [-0.1, -0.05) is 12.1 Å². The molecule has 1 aliphatic carbocycles. The molecular formula is C16H13FN2O3. The van der Waals surface area contributed by atoms with Gasteiger partial charge in [-0.15, -0.1) is 0 Å². The molecule has 0 aliphatic heterocycles. The average Bonchev–Trinajstić information content (AvgIpc) is 3.26. The van der Waals surface area contributed by atoms with E-state index in [1.807, 2.05) is 6.07 Å². The Hall–Kier alpha value is -2.76. The van der Waals surface area contributed by atoms with Gasteiger partial charge in [-0.3, -0.25) is 14.9 Å². The molecule has 0 spiro atoms. The Morgan fingerprint density at radius 2 is 1.95 bits per heavy atom. The summed E-state index contributed by atoms with van der Waals surface area (Å²) in [6, 6.07) is 11.8.